The Kier molecular flexibility index (Phi) is 8.51. The Labute approximate surface area is 200 Å². The summed E-state index contributed by atoms with van der Waals surface area (Å²) in [6.45, 7) is 2.34. The first-order valence-corrected chi connectivity index (χ1v) is 12.5. The number of carbonyl (C=O) groups is 2. The van der Waals surface area contributed by atoms with Crippen LogP contribution in [0.15, 0.2) is 53.4 Å². The molecule has 3 rings (SSSR count). The van der Waals surface area contributed by atoms with Crippen molar-refractivity contribution in [3.8, 4) is 11.5 Å². The minimum atomic E-state index is -3.73. The molecule has 9 nitrogen and oxygen atoms in total. The molecular weight excluding hydrogens is 458 g/mol. The van der Waals surface area contributed by atoms with E-state index in [-0.39, 0.29) is 23.3 Å². The van der Waals surface area contributed by atoms with Gasteiger partial charge in [-0.15, -0.1) is 0 Å². The highest BCUT2D eigenvalue weighted by Crippen LogP contribution is 2.25. The summed E-state index contributed by atoms with van der Waals surface area (Å²) in [5.41, 5.74) is 0.902. The van der Waals surface area contributed by atoms with E-state index in [1.807, 2.05) is 24.3 Å². The highest BCUT2D eigenvalue weighted by molar-refractivity contribution is 7.89. The molecule has 1 fully saturated rings. The summed E-state index contributed by atoms with van der Waals surface area (Å²) in [7, 11) is -0.637. The number of nitrogens with zero attached hydrogens (tertiary/aromatic N) is 1. The normalized spacial score (nSPS) is 17.4. The van der Waals surface area contributed by atoms with Crippen LogP contribution in [0.2, 0.25) is 0 Å². The second-order valence-electron chi connectivity index (χ2n) is 8.17. The summed E-state index contributed by atoms with van der Waals surface area (Å²) in [4.78, 5) is 25.4. The van der Waals surface area contributed by atoms with Crippen LogP contribution in [-0.2, 0) is 26.2 Å². The summed E-state index contributed by atoms with van der Waals surface area (Å²) in [6, 6.07) is 12.7. The first-order valence-electron chi connectivity index (χ1n) is 11.1. The molecule has 0 aromatic heterocycles. The fourth-order valence-corrected chi connectivity index (χ4v) is 5.28. The Morgan fingerprint density at radius 2 is 1.62 bits per heavy atom. The SMILES string of the molecule is COc1ccc(CNC(=O)[C@H](C)NC(=O)[C@@H]2CCCN(S(=O)(=O)c3ccc(OC)cc3)C2)cc1. The van der Waals surface area contributed by atoms with E-state index >= 15 is 0 Å². The molecule has 1 aliphatic heterocycles. The lowest BCUT2D eigenvalue weighted by Crippen LogP contribution is -2.50. The topological polar surface area (TPSA) is 114 Å². The Morgan fingerprint density at radius 1 is 1.03 bits per heavy atom. The van der Waals surface area contributed by atoms with E-state index in [0.717, 1.165) is 11.3 Å². The molecule has 0 aliphatic carbocycles. The quantitative estimate of drug-likeness (QED) is 0.556. The number of hydrogen-bond acceptors (Lipinski definition) is 6. The Hall–Kier alpha value is -3.11. The third-order valence-electron chi connectivity index (χ3n) is 5.83. The first-order chi connectivity index (χ1) is 16.2. The fraction of sp³-hybridized carbons (Fsp3) is 0.417. The molecule has 1 aliphatic rings. The molecule has 2 aromatic rings. The van der Waals surface area contributed by atoms with E-state index in [4.69, 9.17) is 9.47 Å². The first kappa shape index (κ1) is 25.5. The van der Waals surface area contributed by atoms with Gasteiger partial charge in [0.1, 0.15) is 17.5 Å². The largest absolute Gasteiger partial charge is 0.497 e. The van der Waals surface area contributed by atoms with E-state index in [1.165, 1.54) is 23.5 Å². The van der Waals surface area contributed by atoms with Gasteiger partial charge in [0.15, 0.2) is 0 Å². The van der Waals surface area contributed by atoms with E-state index in [1.54, 1.807) is 26.2 Å². The Bertz CT molecular complexity index is 1090. The lowest BCUT2D eigenvalue weighted by molar-refractivity contribution is -0.131. The third-order valence-corrected chi connectivity index (χ3v) is 7.71. The number of ether oxygens (including phenoxy) is 2. The smallest absolute Gasteiger partial charge is 0.243 e. The van der Waals surface area contributed by atoms with Crippen LogP contribution >= 0.6 is 0 Å². The van der Waals surface area contributed by atoms with Crippen molar-refractivity contribution in [2.75, 3.05) is 27.3 Å². The molecule has 0 saturated carbocycles. The maximum atomic E-state index is 13.0. The van der Waals surface area contributed by atoms with E-state index < -0.39 is 22.0 Å². The number of amides is 2. The average Bonchev–Trinajstić information content (AvgIpc) is 2.87. The van der Waals surface area contributed by atoms with Gasteiger partial charge in [-0.05, 0) is 61.7 Å². The van der Waals surface area contributed by atoms with Gasteiger partial charge in [-0.25, -0.2) is 8.42 Å². The molecule has 34 heavy (non-hydrogen) atoms. The molecule has 0 spiro atoms. The minimum absolute atomic E-state index is 0.0698. The molecular formula is C24H31N3O6S. The average molecular weight is 490 g/mol. The zero-order valence-electron chi connectivity index (χ0n) is 19.6. The van der Waals surface area contributed by atoms with Crippen LogP contribution in [0.3, 0.4) is 0 Å². The number of carbonyl (C=O) groups excluding carboxylic acids is 2. The summed E-state index contributed by atoms with van der Waals surface area (Å²) in [5.74, 6) is 0.114. The van der Waals surface area contributed by atoms with Gasteiger partial charge in [-0.2, -0.15) is 4.31 Å². The number of hydrogen-bond donors (Lipinski definition) is 2. The summed E-state index contributed by atoms with van der Waals surface area (Å²) >= 11 is 0. The molecule has 2 atom stereocenters. The van der Waals surface area contributed by atoms with Gasteiger partial charge in [-0.1, -0.05) is 12.1 Å². The number of piperidine rings is 1. The minimum Gasteiger partial charge on any atom is -0.497 e. The van der Waals surface area contributed by atoms with Crippen LogP contribution in [-0.4, -0.2) is 57.9 Å². The lowest BCUT2D eigenvalue weighted by Gasteiger charge is -2.31. The Balaban J connectivity index is 1.54. The standard InChI is InChI=1S/C24H31N3O6S/c1-17(23(28)25-15-18-6-8-20(32-2)9-7-18)26-24(29)19-5-4-14-27(16-19)34(30,31)22-12-10-21(33-3)11-13-22/h6-13,17,19H,4-5,14-16H2,1-3H3,(H,25,28)(H,26,29)/t17-,19+/m0/s1. The number of nitrogens with one attached hydrogen (secondary N) is 2. The maximum Gasteiger partial charge on any atom is 0.243 e. The van der Waals surface area contributed by atoms with Crippen molar-refractivity contribution < 1.29 is 27.5 Å². The van der Waals surface area contributed by atoms with E-state index in [0.29, 0.717) is 31.7 Å². The van der Waals surface area contributed by atoms with Crippen molar-refractivity contribution in [1.29, 1.82) is 0 Å². The second kappa shape index (κ2) is 11.3. The summed E-state index contributed by atoms with van der Waals surface area (Å²) < 4.78 is 37.6. The van der Waals surface area contributed by atoms with Gasteiger partial charge in [-0.3, -0.25) is 9.59 Å². The summed E-state index contributed by atoms with van der Waals surface area (Å²) in [5, 5.41) is 5.52. The van der Waals surface area contributed by atoms with Gasteiger partial charge in [0.05, 0.1) is 25.0 Å². The molecule has 2 amide bonds. The Morgan fingerprint density at radius 3 is 2.21 bits per heavy atom. The zero-order chi connectivity index (χ0) is 24.7. The predicted molar refractivity (Wildman–Crippen MR) is 127 cm³/mol. The predicted octanol–water partition coefficient (Wildman–Crippen LogP) is 1.93. The molecule has 1 heterocycles. The van der Waals surface area contributed by atoms with Crippen LogP contribution in [0.1, 0.15) is 25.3 Å². The van der Waals surface area contributed by atoms with Gasteiger partial charge in [0.2, 0.25) is 21.8 Å². The molecule has 2 aromatic carbocycles. The highest BCUT2D eigenvalue weighted by Gasteiger charge is 2.34. The van der Waals surface area contributed by atoms with Crippen LogP contribution in [0.4, 0.5) is 0 Å². The van der Waals surface area contributed by atoms with Crippen LogP contribution < -0.4 is 20.1 Å². The van der Waals surface area contributed by atoms with Gasteiger partial charge < -0.3 is 20.1 Å². The van der Waals surface area contributed by atoms with E-state index in [9.17, 15) is 18.0 Å². The molecule has 1 saturated heterocycles. The number of rotatable bonds is 9. The highest BCUT2D eigenvalue weighted by atomic mass is 32.2. The fourth-order valence-electron chi connectivity index (χ4n) is 3.75. The number of sulfonamides is 1. The van der Waals surface area contributed by atoms with Crippen LogP contribution in [0.25, 0.3) is 0 Å². The molecule has 0 radical (unpaired) electrons. The third kappa shape index (κ3) is 6.27. The number of benzene rings is 2. The zero-order valence-corrected chi connectivity index (χ0v) is 20.4. The molecule has 0 bridgehead atoms. The molecule has 10 heteroatoms. The number of methoxy groups -OCH3 is 2. The second-order valence-corrected chi connectivity index (χ2v) is 10.1. The van der Waals surface area contributed by atoms with Crippen molar-refractivity contribution >= 4 is 21.8 Å². The van der Waals surface area contributed by atoms with Gasteiger partial charge in [0.25, 0.3) is 0 Å². The summed E-state index contributed by atoms with van der Waals surface area (Å²) in [6.07, 6.45) is 1.12. The molecule has 184 valence electrons. The van der Waals surface area contributed by atoms with Crippen LogP contribution in [0, 0.1) is 5.92 Å². The molecule has 2 N–H and O–H groups in total. The van der Waals surface area contributed by atoms with Crippen LogP contribution in [0.5, 0.6) is 11.5 Å². The monoisotopic (exact) mass is 489 g/mol. The maximum absolute atomic E-state index is 13.0. The lowest BCUT2D eigenvalue weighted by atomic mass is 9.98. The van der Waals surface area contributed by atoms with Gasteiger partial charge >= 0.3 is 0 Å². The van der Waals surface area contributed by atoms with Crippen molar-refractivity contribution in [3.63, 3.8) is 0 Å². The van der Waals surface area contributed by atoms with Crippen molar-refractivity contribution in [2.24, 2.45) is 5.92 Å². The van der Waals surface area contributed by atoms with Crippen molar-refractivity contribution in [1.82, 2.24) is 14.9 Å². The van der Waals surface area contributed by atoms with Crippen molar-refractivity contribution in [3.05, 3.63) is 54.1 Å². The van der Waals surface area contributed by atoms with E-state index in [2.05, 4.69) is 10.6 Å². The van der Waals surface area contributed by atoms with Crippen molar-refractivity contribution in [2.45, 2.75) is 37.2 Å². The van der Waals surface area contributed by atoms with Gasteiger partial charge in [0, 0.05) is 19.6 Å². The molecule has 0 unspecified atom stereocenters.